The quantitative estimate of drug-likeness (QED) is 0.857. The maximum Gasteiger partial charge on any atom is 0.321 e. The van der Waals surface area contributed by atoms with Crippen LogP contribution in [0.2, 0.25) is 0 Å². The molecular weight excluding hydrogens is 278 g/mol. The zero-order valence-electron chi connectivity index (χ0n) is 12.1. The summed E-state index contributed by atoms with van der Waals surface area (Å²) >= 11 is 0. The average Bonchev–Trinajstić information content (AvgIpc) is 3.03. The van der Waals surface area contributed by atoms with Crippen molar-refractivity contribution in [2.75, 3.05) is 5.32 Å². The molecule has 0 bridgehead atoms. The van der Waals surface area contributed by atoms with Gasteiger partial charge in [-0.1, -0.05) is 12.2 Å². The van der Waals surface area contributed by atoms with E-state index in [0.29, 0.717) is 24.1 Å². The Hall–Kier alpha value is -2.69. The van der Waals surface area contributed by atoms with Gasteiger partial charge in [-0.15, -0.1) is 0 Å². The zero-order chi connectivity index (χ0) is 15.2. The Labute approximate surface area is 129 Å². The lowest BCUT2D eigenvalue weighted by atomic mass is 10.1. The normalized spacial score (nSPS) is 16.5. The molecule has 1 N–H and O–H groups in total. The number of anilines is 1. The highest BCUT2D eigenvalue weighted by atomic mass is 16.5. The number of hydrogen-bond acceptors (Lipinski definition) is 4. The van der Waals surface area contributed by atoms with Gasteiger partial charge in [-0.2, -0.15) is 0 Å². The van der Waals surface area contributed by atoms with Gasteiger partial charge in [0.05, 0.1) is 0 Å². The molecule has 22 heavy (non-hydrogen) atoms. The van der Waals surface area contributed by atoms with E-state index >= 15 is 0 Å². The van der Waals surface area contributed by atoms with Crippen molar-refractivity contribution in [2.45, 2.75) is 19.3 Å². The van der Waals surface area contributed by atoms with Crippen LogP contribution in [0.3, 0.4) is 0 Å². The number of amides is 1. The lowest BCUT2D eigenvalue weighted by Crippen LogP contribution is -2.14. The number of benzene rings is 1. The summed E-state index contributed by atoms with van der Waals surface area (Å²) in [5.74, 6) is 1.04. The largest absolute Gasteiger partial charge is 0.424 e. The van der Waals surface area contributed by atoms with E-state index in [1.54, 1.807) is 42.7 Å². The van der Waals surface area contributed by atoms with E-state index in [0.717, 1.165) is 18.5 Å². The molecular formula is C17H17N3O2. The van der Waals surface area contributed by atoms with Crippen LogP contribution >= 0.6 is 0 Å². The molecule has 112 valence electrons. The third kappa shape index (κ3) is 3.91. The van der Waals surface area contributed by atoms with E-state index in [2.05, 4.69) is 27.4 Å². The SMILES string of the molecule is O=C(C[C@@H]1C=CCC1)Nc1ccc(Oc2ncccn2)cc1. The van der Waals surface area contributed by atoms with Crippen LogP contribution in [0.5, 0.6) is 11.8 Å². The van der Waals surface area contributed by atoms with E-state index in [4.69, 9.17) is 4.74 Å². The van der Waals surface area contributed by atoms with Crippen molar-refractivity contribution >= 4 is 11.6 Å². The second-order valence-electron chi connectivity index (χ2n) is 5.18. The topological polar surface area (TPSA) is 64.1 Å². The Morgan fingerprint density at radius 2 is 2.00 bits per heavy atom. The fraction of sp³-hybridized carbons (Fsp3) is 0.235. The highest BCUT2D eigenvalue weighted by Gasteiger charge is 2.14. The highest BCUT2D eigenvalue weighted by Crippen LogP contribution is 2.22. The molecule has 1 aliphatic rings. The molecule has 0 radical (unpaired) electrons. The third-order valence-electron chi connectivity index (χ3n) is 3.45. The first-order valence-electron chi connectivity index (χ1n) is 7.31. The summed E-state index contributed by atoms with van der Waals surface area (Å²) < 4.78 is 5.50. The maximum absolute atomic E-state index is 11.9. The van der Waals surface area contributed by atoms with Gasteiger partial charge in [0.1, 0.15) is 5.75 Å². The fourth-order valence-corrected chi connectivity index (χ4v) is 2.37. The smallest absolute Gasteiger partial charge is 0.321 e. The minimum Gasteiger partial charge on any atom is -0.424 e. The molecule has 1 aromatic heterocycles. The summed E-state index contributed by atoms with van der Waals surface area (Å²) in [6.07, 6.45) is 10.2. The van der Waals surface area contributed by atoms with E-state index in [1.165, 1.54) is 0 Å². The Balaban J connectivity index is 1.54. The van der Waals surface area contributed by atoms with Crippen molar-refractivity contribution in [3.8, 4) is 11.8 Å². The van der Waals surface area contributed by atoms with Crippen LogP contribution in [0.1, 0.15) is 19.3 Å². The number of aromatic nitrogens is 2. The molecule has 1 aromatic carbocycles. The fourth-order valence-electron chi connectivity index (χ4n) is 2.37. The molecule has 0 saturated carbocycles. The van der Waals surface area contributed by atoms with Crippen molar-refractivity contribution in [1.82, 2.24) is 9.97 Å². The third-order valence-corrected chi connectivity index (χ3v) is 3.45. The van der Waals surface area contributed by atoms with Crippen LogP contribution in [0.15, 0.2) is 54.9 Å². The number of nitrogens with zero attached hydrogens (tertiary/aromatic N) is 2. The Morgan fingerprint density at radius 1 is 1.23 bits per heavy atom. The van der Waals surface area contributed by atoms with Gasteiger partial charge in [-0.25, -0.2) is 9.97 Å². The van der Waals surface area contributed by atoms with Gasteiger partial charge < -0.3 is 10.1 Å². The molecule has 0 fully saturated rings. The molecule has 0 aliphatic heterocycles. The second kappa shape index (κ2) is 6.85. The maximum atomic E-state index is 11.9. The number of hydrogen-bond donors (Lipinski definition) is 1. The summed E-state index contributed by atoms with van der Waals surface area (Å²) in [7, 11) is 0. The van der Waals surface area contributed by atoms with Crippen LogP contribution in [-0.2, 0) is 4.79 Å². The predicted octanol–water partition coefficient (Wildman–Crippen LogP) is 3.56. The Bertz CT molecular complexity index is 653. The summed E-state index contributed by atoms with van der Waals surface area (Å²) in [6, 6.07) is 9.20. The number of rotatable bonds is 5. The molecule has 2 aromatic rings. The Kier molecular flexibility index (Phi) is 4.44. The summed E-state index contributed by atoms with van der Waals surface area (Å²) in [4.78, 5) is 19.9. The van der Waals surface area contributed by atoms with Crippen LogP contribution in [-0.4, -0.2) is 15.9 Å². The first-order valence-corrected chi connectivity index (χ1v) is 7.31. The molecule has 0 spiro atoms. The molecule has 5 nitrogen and oxygen atoms in total. The molecule has 1 heterocycles. The van der Waals surface area contributed by atoms with Gasteiger partial charge in [0.2, 0.25) is 5.91 Å². The number of allylic oxidation sites excluding steroid dienone is 2. The monoisotopic (exact) mass is 295 g/mol. The van der Waals surface area contributed by atoms with Crippen LogP contribution in [0, 0.1) is 5.92 Å². The molecule has 1 aliphatic carbocycles. The minimum absolute atomic E-state index is 0.0385. The van der Waals surface area contributed by atoms with Gasteiger partial charge >= 0.3 is 6.01 Å². The van der Waals surface area contributed by atoms with Crippen molar-refractivity contribution in [3.05, 3.63) is 54.9 Å². The number of nitrogens with one attached hydrogen (secondary N) is 1. The van der Waals surface area contributed by atoms with E-state index in [1.807, 2.05) is 0 Å². The summed E-state index contributed by atoms with van der Waals surface area (Å²) in [5, 5.41) is 2.90. The first-order chi connectivity index (χ1) is 10.8. The van der Waals surface area contributed by atoms with Crippen LogP contribution < -0.4 is 10.1 Å². The van der Waals surface area contributed by atoms with Gasteiger partial charge in [-0.05, 0) is 49.1 Å². The number of carbonyl (C=O) groups is 1. The highest BCUT2D eigenvalue weighted by molar-refractivity contribution is 5.91. The lowest BCUT2D eigenvalue weighted by molar-refractivity contribution is -0.116. The van der Waals surface area contributed by atoms with Crippen molar-refractivity contribution in [1.29, 1.82) is 0 Å². The molecule has 5 heteroatoms. The number of ether oxygens (including phenoxy) is 1. The van der Waals surface area contributed by atoms with Crippen LogP contribution in [0.4, 0.5) is 5.69 Å². The Morgan fingerprint density at radius 3 is 2.68 bits per heavy atom. The number of carbonyl (C=O) groups excluding carboxylic acids is 1. The predicted molar refractivity (Wildman–Crippen MR) is 83.7 cm³/mol. The van der Waals surface area contributed by atoms with Gasteiger partial charge in [0.25, 0.3) is 0 Å². The van der Waals surface area contributed by atoms with E-state index in [-0.39, 0.29) is 5.91 Å². The van der Waals surface area contributed by atoms with E-state index < -0.39 is 0 Å². The second-order valence-corrected chi connectivity index (χ2v) is 5.18. The van der Waals surface area contributed by atoms with Crippen molar-refractivity contribution < 1.29 is 9.53 Å². The van der Waals surface area contributed by atoms with Crippen molar-refractivity contribution in [2.24, 2.45) is 5.92 Å². The molecule has 1 amide bonds. The zero-order valence-corrected chi connectivity index (χ0v) is 12.1. The average molecular weight is 295 g/mol. The summed E-state index contributed by atoms with van der Waals surface area (Å²) in [6.45, 7) is 0. The lowest BCUT2D eigenvalue weighted by Gasteiger charge is -2.09. The molecule has 0 saturated heterocycles. The molecule has 1 atom stereocenters. The minimum atomic E-state index is 0.0385. The molecule has 3 rings (SSSR count). The van der Waals surface area contributed by atoms with Crippen LogP contribution in [0.25, 0.3) is 0 Å². The van der Waals surface area contributed by atoms with E-state index in [9.17, 15) is 4.79 Å². The van der Waals surface area contributed by atoms with Gasteiger partial charge in [0, 0.05) is 24.5 Å². The summed E-state index contributed by atoms with van der Waals surface area (Å²) in [5.41, 5.74) is 0.758. The van der Waals surface area contributed by atoms with Crippen molar-refractivity contribution in [3.63, 3.8) is 0 Å². The standard InChI is InChI=1S/C17H17N3O2/c21-16(12-13-4-1-2-5-13)20-14-6-8-15(9-7-14)22-17-18-10-3-11-19-17/h1,3-4,6-11,13H,2,5,12H2,(H,20,21)/t13-/m1/s1. The van der Waals surface area contributed by atoms with Gasteiger partial charge in [-0.3, -0.25) is 4.79 Å². The van der Waals surface area contributed by atoms with Gasteiger partial charge in [0.15, 0.2) is 0 Å². The first kappa shape index (κ1) is 14.3. The molecule has 0 unspecified atom stereocenters.